The maximum absolute atomic E-state index is 13.6. The molecule has 3 rings (SSSR count). The summed E-state index contributed by atoms with van der Waals surface area (Å²) in [6.07, 6.45) is 10.2. The lowest BCUT2D eigenvalue weighted by Gasteiger charge is -2.28. The van der Waals surface area contributed by atoms with E-state index in [-0.39, 0.29) is 25.7 Å². The van der Waals surface area contributed by atoms with E-state index in [0.717, 1.165) is 36.8 Å². The summed E-state index contributed by atoms with van der Waals surface area (Å²) in [6.45, 7) is 5.82. The molecule has 0 bridgehead atoms. The average Bonchev–Trinajstić information content (AvgIpc) is 2.92. The highest BCUT2D eigenvalue weighted by molar-refractivity contribution is 7.94. The van der Waals surface area contributed by atoms with Crippen molar-refractivity contribution < 1.29 is 26.2 Å². The first-order valence-corrected chi connectivity index (χ1v) is 17.9. The van der Waals surface area contributed by atoms with Gasteiger partial charge in [0.2, 0.25) is 0 Å². The first kappa shape index (κ1) is 32.0. The molecule has 0 spiro atoms. The van der Waals surface area contributed by atoms with Gasteiger partial charge < -0.3 is 9.05 Å². The third-order valence-corrected chi connectivity index (χ3v) is 12.5. The van der Waals surface area contributed by atoms with Crippen LogP contribution in [0.2, 0.25) is 0 Å². The van der Waals surface area contributed by atoms with Crippen LogP contribution in [0.25, 0.3) is 11.1 Å². The molecule has 0 aromatic heterocycles. The first-order chi connectivity index (χ1) is 18.8. The minimum absolute atomic E-state index is 0.105. The van der Waals surface area contributed by atoms with Gasteiger partial charge in [-0.3, -0.25) is 8.75 Å². The average molecular weight is 579 g/mol. The van der Waals surface area contributed by atoms with Gasteiger partial charge >= 0.3 is 7.60 Å². The number of hydrogen-bond acceptors (Lipinski definition) is 6. The van der Waals surface area contributed by atoms with E-state index in [0.29, 0.717) is 25.7 Å². The predicted molar refractivity (Wildman–Crippen MR) is 160 cm³/mol. The Morgan fingerprint density at radius 2 is 1.28 bits per heavy atom. The number of aryl methyl sites for hydroxylation is 2. The van der Waals surface area contributed by atoms with Crippen LogP contribution in [-0.4, -0.2) is 32.7 Å². The van der Waals surface area contributed by atoms with Crippen LogP contribution in [0, 0.1) is 0 Å². The maximum atomic E-state index is 13.6. The van der Waals surface area contributed by atoms with Crippen molar-refractivity contribution in [2.24, 2.45) is 0 Å². The first-order valence-electron chi connectivity index (χ1n) is 14.8. The fourth-order valence-corrected chi connectivity index (χ4v) is 9.79. The summed E-state index contributed by atoms with van der Waals surface area (Å²) in [7, 11) is -8.06. The van der Waals surface area contributed by atoms with Crippen LogP contribution in [0.3, 0.4) is 0 Å². The fourth-order valence-electron chi connectivity index (χ4n) is 5.23. The molecule has 1 atom stereocenters. The smallest absolute Gasteiger partial charge is 0.308 e. The van der Waals surface area contributed by atoms with E-state index in [9.17, 15) is 13.0 Å². The highest BCUT2D eigenvalue weighted by Crippen LogP contribution is 2.57. The maximum Gasteiger partial charge on any atom is 0.351 e. The molecule has 8 heteroatoms. The van der Waals surface area contributed by atoms with Crippen molar-refractivity contribution >= 4 is 17.7 Å². The zero-order chi connectivity index (χ0) is 28.1. The molecule has 2 aromatic carbocycles. The van der Waals surface area contributed by atoms with Gasteiger partial charge in [-0.15, -0.1) is 0 Å². The van der Waals surface area contributed by atoms with Gasteiger partial charge in [0.15, 0.2) is 4.99 Å². The lowest BCUT2D eigenvalue weighted by molar-refractivity contribution is 0.158. The van der Waals surface area contributed by atoms with Crippen molar-refractivity contribution in [3.05, 3.63) is 59.7 Å². The molecule has 1 unspecified atom stereocenters. The van der Waals surface area contributed by atoms with Crippen LogP contribution in [-0.2, 0) is 40.8 Å². The van der Waals surface area contributed by atoms with Gasteiger partial charge in [-0.25, -0.2) is 0 Å². The molecule has 6 nitrogen and oxygen atoms in total. The second-order valence-corrected chi connectivity index (χ2v) is 14.7. The van der Waals surface area contributed by atoms with Gasteiger partial charge in [-0.05, 0) is 81.0 Å². The standard InChI is InChI=1S/C31H47O6PS/c1-4-7-9-13-26-18-22-28(23-19-26)29-24-20-27(21-25-29)14-12-17-31(38(32,35-5-2)36-6-3)39(33,34)37-30-15-10-8-11-16-30/h18-25,30-31H,4-17H2,1-3H3. The summed E-state index contributed by atoms with van der Waals surface area (Å²) in [5.74, 6) is 0. The van der Waals surface area contributed by atoms with Crippen LogP contribution in [0.1, 0.15) is 96.1 Å². The Morgan fingerprint density at radius 1 is 0.769 bits per heavy atom. The van der Waals surface area contributed by atoms with E-state index in [1.807, 2.05) is 0 Å². The van der Waals surface area contributed by atoms with Gasteiger partial charge in [0.25, 0.3) is 10.1 Å². The van der Waals surface area contributed by atoms with E-state index in [1.54, 1.807) is 13.8 Å². The molecule has 0 heterocycles. The van der Waals surface area contributed by atoms with Gasteiger partial charge in [-0.1, -0.05) is 87.6 Å². The molecule has 1 aliphatic rings. The van der Waals surface area contributed by atoms with Gasteiger partial charge in [0, 0.05) is 0 Å². The third-order valence-electron chi connectivity index (χ3n) is 7.35. The predicted octanol–water partition coefficient (Wildman–Crippen LogP) is 8.68. The topological polar surface area (TPSA) is 78.9 Å². The lowest BCUT2D eigenvalue weighted by atomic mass is 9.98. The molecule has 218 valence electrons. The van der Waals surface area contributed by atoms with E-state index in [4.69, 9.17) is 13.2 Å². The number of hydrogen-bond donors (Lipinski definition) is 0. The molecule has 1 saturated carbocycles. The Labute approximate surface area is 236 Å². The molecule has 0 N–H and O–H groups in total. The summed E-state index contributed by atoms with van der Waals surface area (Å²) in [5.41, 5.74) is 4.80. The molecule has 39 heavy (non-hydrogen) atoms. The van der Waals surface area contributed by atoms with E-state index < -0.39 is 22.7 Å². The minimum atomic E-state index is -4.15. The summed E-state index contributed by atoms with van der Waals surface area (Å²) < 4.78 is 57.0. The van der Waals surface area contributed by atoms with Crippen LogP contribution in [0.5, 0.6) is 0 Å². The molecular weight excluding hydrogens is 531 g/mol. The molecule has 0 radical (unpaired) electrons. The molecule has 0 amide bonds. The van der Waals surface area contributed by atoms with E-state index in [1.165, 1.54) is 30.4 Å². The van der Waals surface area contributed by atoms with Crippen LogP contribution in [0.15, 0.2) is 48.5 Å². The second kappa shape index (κ2) is 16.1. The lowest BCUT2D eigenvalue weighted by Crippen LogP contribution is -2.31. The van der Waals surface area contributed by atoms with Gasteiger partial charge in [0.1, 0.15) is 0 Å². The fraction of sp³-hybridized carbons (Fsp3) is 0.613. The van der Waals surface area contributed by atoms with Crippen LogP contribution in [0.4, 0.5) is 0 Å². The highest BCUT2D eigenvalue weighted by atomic mass is 32.2. The second-order valence-electron chi connectivity index (χ2n) is 10.4. The van der Waals surface area contributed by atoms with Crippen LogP contribution < -0.4 is 0 Å². The van der Waals surface area contributed by atoms with Gasteiger partial charge in [-0.2, -0.15) is 8.42 Å². The number of benzene rings is 2. The quantitative estimate of drug-likeness (QED) is 0.106. The highest BCUT2D eigenvalue weighted by Gasteiger charge is 2.46. The van der Waals surface area contributed by atoms with E-state index in [2.05, 4.69) is 55.5 Å². The normalized spacial score (nSPS) is 15.9. The Kier molecular flexibility index (Phi) is 13.2. The Morgan fingerprint density at radius 3 is 1.77 bits per heavy atom. The zero-order valence-corrected chi connectivity index (χ0v) is 25.7. The summed E-state index contributed by atoms with van der Waals surface area (Å²) in [5, 5.41) is 0. The molecular formula is C31H47O6PS. The Balaban J connectivity index is 1.65. The number of rotatable bonds is 17. The summed E-state index contributed by atoms with van der Waals surface area (Å²) in [6, 6.07) is 17.1. The molecule has 1 fully saturated rings. The van der Waals surface area contributed by atoms with Crippen molar-refractivity contribution in [3.8, 4) is 11.1 Å². The van der Waals surface area contributed by atoms with Crippen molar-refractivity contribution in [1.82, 2.24) is 0 Å². The van der Waals surface area contributed by atoms with Crippen LogP contribution >= 0.6 is 7.60 Å². The molecule has 1 aliphatic carbocycles. The van der Waals surface area contributed by atoms with E-state index >= 15 is 0 Å². The third kappa shape index (κ3) is 9.82. The van der Waals surface area contributed by atoms with Gasteiger partial charge in [0.05, 0.1) is 19.3 Å². The largest absolute Gasteiger partial charge is 0.351 e. The number of unbranched alkanes of at least 4 members (excludes halogenated alkanes) is 2. The molecule has 2 aromatic rings. The molecule has 0 saturated heterocycles. The molecule has 0 aliphatic heterocycles. The Hall–Kier alpha value is -1.50. The Bertz CT molecular complexity index is 1110. The van der Waals surface area contributed by atoms with Crippen molar-refractivity contribution in [2.75, 3.05) is 13.2 Å². The zero-order valence-electron chi connectivity index (χ0n) is 24.0. The SMILES string of the molecule is CCCCCc1ccc(-c2ccc(CCCC(P(=O)(OCC)OCC)S(=O)(=O)OC3CCCCC3)cc2)cc1. The van der Waals surface area contributed by atoms with Crippen molar-refractivity contribution in [1.29, 1.82) is 0 Å². The summed E-state index contributed by atoms with van der Waals surface area (Å²) in [4.78, 5) is -1.33. The van der Waals surface area contributed by atoms with Crippen molar-refractivity contribution in [3.63, 3.8) is 0 Å². The summed E-state index contributed by atoms with van der Waals surface area (Å²) >= 11 is 0. The van der Waals surface area contributed by atoms with Crippen molar-refractivity contribution in [2.45, 2.75) is 109 Å². The monoisotopic (exact) mass is 578 g/mol. The minimum Gasteiger partial charge on any atom is -0.308 e.